The van der Waals surface area contributed by atoms with Crippen LogP contribution in [-0.2, 0) is 11.3 Å². The quantitative estimate of drug-likeness (QED) is 0.838. The lowest BCUT2D eigenvalue weighted by molar-refractivity contribution is -0.139. The standard InChI is InChI=1S/C17H26N2O2/c1-2-18(12-15-8-4-3-5-9-15)13-16-10-6-7-11-19(16)14-17(20)21/h3-5,8-9,16H,2,6-7,10-14H2,1H3,(H,20,21)/t16-/m0/s1. The number of benzene rings is 1. The maximum atomic E-state index is 11.0. The van der Waals surface area contributed by atoms with Gasteiger partial charge in [-0.15, -0.1) is 0 Å². The van der Waals surface area contributed by atoms with Crippen molar-refractivity contribution in [3.8, 4) is 0 Å². The summed E-state index contributed by atoms with van der Waals surface area (Å²) in [6.45, 7) is 6.15. The van der Waals surface area contributed by atoms with Crippen LogP contribution in [0, 0.1) is 0 Å². The van der Waals surface area contributed by atoms with Crippen LogP contribution in [0.4, 0.5) is 0 Å². The lowest BCUT2D eigenvalue weighted by atomic mass is 10.0. The van der Waals surface area contributed by atoms with Gasteiger partial charge in [-0.3, -0.25) is 14.6 Å². The normalized spacial score (nSPS) is 19.8. The summed E-state index contributed by atoms with van der Waals surface area (Å²) in [6, 6.07) is 10.9. The molecule has 0 unspecified atom stereocenters. The Labute approximate surface area is 127 Å². The molecular weight excluding hydrogens is 264 g/mol. The number of rotatable bonds is 7. The predicted octanol–water partition coefficient (Wildman–Crippen LogP) is 2.45. The lowest BCUT2D eigenvalue weighted by Gasteiger charge is -2.37. The number of carboxylic acids is 1. The molecule has 1 atom stereocenters. The number of piperidine rings is 1. The summed E-state index contributed by atoms with van der Waals surface area (Å²) in [4.78, 5) is 15.6. The Morgan fingerprint density at radius 1 is 1.33 bits per heavy atom. The second-order valence-electron chi connectivity index (χ2n) is 5.83. The third-order valence-electron chi connectivity index (χ3n) is 4.25. The Bertz CT molecular complexity index is 436. The van der Waals surface area contributed by atoms with Gasteiger partial charge >= 0.3 is 5.97 Å². The molecule has 1 aliphatic rings. The van der Waals surface area contributed by atoms with E-state index in [9.17, 15) is 4.79 Å². The van der Waals surface area contributed by atoms with Crippen LogP contribution in [0.2, 0.25) is 0 Å². The number of likely N-dealkylation sites (N-methyl/N-ethyl adjacent to an activating group) is 1. The third-order valence-corrected chi connectivity index (χ3v) is 4.25. The van der Waals surface area contributed by atoms with Crippen molar-refractivity contribution in [2.75, 3.05) is 26.2 Å². The van der Waals surface area contributed by atoms with Gasteiger partial charge in [0.05, 0.1) is 6.54 Å². The Hall–Kier alpha value is -1.39. The Morgan fingerprint density at radius 3 is 2.76 bits per heavy atom. The average Bonchev–Trinajstić information content (AvgIpc) is 2.49. The smallest absolute Gasteiger partial charge is 0.317 e. The van der Waals surface area contributed by atoms with E-state index in [1.807, 2.05) is 6.07 Å². The minimum absolute atomic E-state index is 0.174. The topological polar surface area (TPSA) is 43.8 Å². The van der Waals surface area contributed by atoms with E-state index in [-0.39, 0.29) is 6.54 Å². The van der Waals surface area contributed by atoms with E-state index in [1.54, 1.807) is 0 Å². The molecule has 4 heteroatoms. The minimum Gasteiger partial charge on any atom is -0.480 e. The second-order valence-corrected chi connectivity index (χ2v) is 5.83. The van der Waals surface area contributed by atoms with E-state index < -0.39 is 5.97 Å². The summed E-state index contributed by atoms with van der Waals surface area (Å²) < 4.78 is 0. The Morgan fingerprint density at radius 2 is 2.10 bits per heavy atom. The Balaban J connectivity index is 1.93. The SMILES string of the molecule is CCN(Cc1ccccc1)C[C@@H]1CCCCN1CC(=O)O. The maximum absolute atomic E-state index is 11.0. The van der Waals surface area contributed by atoms with E-state index in [1.165, 1.54) is 12.0 Å². The molecule has 1 aromatic carbocycles. The van der Waals surface area contributed by atoms with Crippen LogP contribution in [0.3, 0.4) is 0 Å². The molecule has 1 N–H and O–H groups in total. The fourth-order valence-corrected chi connectivity index (χ4v) is 3.09. The molecule has 0 aromatic heterocycles. The van der Waals surface area contributed by atoms with Crippen molar-refractivity contribution in [1.29, 1.82) is 0 Å². The number of carbonyl (C=O) groups is 1. The van der Waals surface area contributed by atoms with Crippen molar-refractivity contribution in [1.82, 2.24) is 9.80 Å². The fourth-order valence-electron chi connectivity index (χ4n) is 3.09. The lowest BCUT2D eigenvalue weighted by Crippen LogP contribution is -2.48. The number of likely N-dealkylation sites (tertiary alicyclic amines) is 1. The van der Waals surface area contributed by atoms with Crippen LogP contribution in [0.1, 0.15) is 31.7 Å². The number of nitrogens with zero attached hydrogens (tertiary/aromatic N) is 2. The van der Waals surface area contributed by atoms with Crippen LogP contribution in [0.15, 0.2) is 30.3 Å². The zero-order valence-electron chi connectivity index (χ0n) is 12.9. The van der Waals surface area contributed by atoms with E-state index in [2.05, 4.69) is 41.0 Å². The summed E-state index contributed by atoms with van der Waals surface area (Å²) in [5, 5.41) is 9.05. The summed E-state index contributed by atoms with van der Waals surface area (Å²) in [5.41, 5.74) is 1.32. The molecule has 0 saturated carbocycles. The molecule has 4 nitrogen and oxygen atoms in total. The molecule has 0 amide bonds. The molecule has 0 spiro atoms. The van der Waals surface area contributed by atoms with Crippen molar-refractivity contribution in [3.05, 3.63) is 35.9 Å². The highest BCUT2D eigenvalue weighted by molar-refractivity contribution is 5.69. The summed E-state index contributed by atoms with van der Waals surface area (Å²) in [7, 11) is 0. The molecule has 1 saturated heterocycles. The van der Waals surface area contributed by atoms with Crippen LogP contribution in [0.5, 0.6) is 0 Å². The molecule has 2 rings (SSSR count). The van der Waals surface area contributed by atoms with Gasteiger partial charge in [0.1, 0.15) is 0 Å². The Kier molecular flexibility index (Phi) is 6.21. The zero-order valence-corrected chi connectivity index (χ0v) is 12.9. The van der Waals surface area contributed by atoms with Gasteiger partial charge in [-0.1, -0.05) is 43.7 Å². The van der Waals surface area contributed by atoms with Gasteiger partial charge in [0, 0.05) is 19.1 Å². The van der Waals surface area contributed by atoms with E-state index in [0.29, 0.717) is 6.04 Å². The number of hydrogen-bond donors (Lipinski definition) is 1. The van der Waals surface area contributed by atoms with Crippen molar-refractivity contribution in [2.24, 2.45) is 0 Å². The number of aliphatic carboxylic acids is 1. The van der Waals surface area contributed by atoms with E-state index >= 15 is 0 Å². The summed E-state index contributed by atoms with van der Waals surface area (Å²) in [6.07, 6.45) is 3.44. The molecule has 0 aliphatic carbocycles. The first-order valence-corrected chi connectivity index (χ1v) is 7.91. The first kappa shape index (κ1) is 16.0. The zero-order chi connectivity index (χ0) is 15.1. The van der Waals surface area contributed by atoms with Crippen molar-refractivity contribution in [2.45, 2.75) is 38.8 Å². The van der Waals surface area contributed by atoms with Gasteiger partial charge in [0.25, 0.3) is 0 Å². The second kappa shape index (κ2) is 8.15. The van der Waals surface area contributed by atoms with Gasteiger partial charge in [-0.05, 0) is 31.5 Å². The minimum atomic E-state index is -0.715. The largest absolute Gasteiger partial charge is 0.480 e. The highest BCUT2D eigenvalue weighted by atomic mass is 16.4. The van der Waals surface area contributed by atoms with Crippen molar-refractivity contribution in [3.63, 3.8) is 0 Å². The molecule has 0 bridgehead atoms. The number of hydrogen-bond acceptors (Lipinski definition) is 3. The average molecular weight is 290 g/mol. The van der Waals surface area contributed by atoms with E-state index in [4.69, 9.17) is 5.11 Å². The van der Waals surface area contributed by atoms with Crippen LogP contribution in [0.25, 0.3) is 0 Å². The molecule has 1 aliphatic heterocycles. The van der Waals surface area contributed by atoms with Crippen LogP contribution >= 0.6 is 0 Å². The first-order chi connectivity index (χ1) is 10.2. The molecule has 1 aromatic rings. The fraction of sp³-hybridized carbons (Fsp3) is 0.588. The van der Waals surface area contributed by atoms with Gasteiger partial charge < -0.3 is 5.11 Å². The molecule has 21 heavy (non-hydrogen) atoms. The predicted molar refractivity (Wildman–Crippen MR) is 84.2 cm³/mol. The first-order valence-electron chi connectivity index (χ1n) is 7.91. The molecule has 1 fully saturated rings. The van der Waals surface area contributed by atoms with Crippen LogP contribution < -0.4 is 0 Å². The highest BCUT2D eigenvalue weighted by Crippen LogP contribution is 2.18. The molecular formula is C17H26N2O2. The van der Waals surface area contributed by atoms with Crippen LogP contribution in [-0.4, -0.2) is 53.1 Å². The van der Waals surface area contributed by atoms with Crippen molar-refractivity contribution < 1.29 is 9.90 Å². The maximum Gasteiger partial charge on any atom is 0.317 e. The summed E-state index contributed by atoms with van der Waals surface area (Å²) in [5.74, 6) is -0.715. The van der Waals surface area contributed by atoms with Gasteiger partial charge in [0.15, 0.2) is 0 Å². The molecule has 116 valence electrons. The van der Waals surface area contributed by atoms with Crippen molar-refractivity contribution >= 4 is 5.97 Å². The summed E-state index contributed by atoms with van der Waals surface area (Å²) >= 11 is 0. The monoisotopic (exact) mass is 290 g/mol. The van der Waals surface area contributed by atoms with Gasteiger partial charge in [0.2, 0.25) is 0 Å². The molecule has 0 radical (unpaired) electrons. The molecule has 1 heterocycles. The van der Waals surface area contributed by atoms with E-state index in [0.717, 1.165) is 39.0 Å². The van der Waals surface area contributed by atoms with Gasteiger partial charge in [-0.2, -0.15) is 0 Å². The third kappa shape index (κ3) is 5.14. The highest BCUT2D eigenvalue weighted by Gasteiger charge is 2.25. The number of carboxylic acid groups (broad SMARTS) is 1. The van der Waals surface area contributed by atoms with Gasteiger partial charge in [-0.25, -0.2) is 0 Å².